The van der Waals surface area contributed by atoms with E-state index in [4.69, 9.17) is 10.5 Å². The van der Waals surface area contributed by atoms with Crippen molar-refractivity contribution < 1.29 is 13.2 Å². The highest BCUT2D eigenvalue weighted by Crippen LogP contribution is 2.26. The van der Waals surface area contributed by atoms with E-state index in [2.05, 4.69) is 15.9 Å². The molecule has 1 aromatic rings. The van der Waals surface area contributed by atoms with Gasteiger partial charge in [0, 0.05) is 0 Å². The zero-order chi connectivity index (χ0) is 13.8. The summed E-state index contributed by atoms with van der Waals surface area (Å²) in [5.74, 6) is 0.711. The summed E-state index contributed by atoms with van der Waals surface area (Å²) in [6, 6.07) is 5.28. The number of benzene rings is 1. The van der Waals surface area contributed by atoms with Crippen LogP contribution in [0.4, 0.5) is 0 Å². The smallest absolute Gasteiger partial charge is 0.157 e. The molecule has 1 aromatic carbocycles. The predicted molar refractivity (Wildman–Crippen MR) is 76.5 cm³/mol. The number of hydrogen-bond donors (Lipinski definition) is 1. The van der Waals surface area contributed by atoms with Crippen LogP contribution < -0.4 is 10.5 Å². The standard InChI is InChI=1S/C12H18BrNO3S/c1-9(5-6-14)18(15,16)8-10-3-4-12(17-2)11(13)7-10/h3-4,7,9H,5-6,8,14H2,1-2H3. The van der Waals surface area contributed by atoms with Gasteiger partial charge in [-0.25, -0.2) is 8.42 Å². The maximum Gasteiger partial charge on any atom is 0.157 e. The van der Waals surface area contributed by atoms with Crippen molar-refractivity contribution in [1.29, 1.82) is 0 Å². The van der Waals surface area contributed by atoms with Gasteiger partial charge in [-0.05, 0) is 53.5 Å². The molecule has 0 aliphatic heterocycles. The minimum absolute atomic E-state index is 0.0246. The van der Waals surface area contributed by atoms with Crippen LogP contribution in [0, 0.1) is 0 Å². The van der Waals surface area contributed by atoms with Gasteiger partial charge < -0.3 is 10.5 Å². The highest BCUT2D eigenvalue weighted by Gasteiger charge is 2.20. The van der Waals surface area contributed by atoms with E-state index in [1.54, 1.807) is 32.2 Å². The summed E-state index contributed by atoms with van der Waals surface area (Å²) in [6.07, 6.45) is 0.486. The molecule has 6 heteroatoms. The number of halogens is 1. The Bertz CT molecular complexity index is 502. The SMILES string of the molecule is COc1ccc(CS(=O)(=O)C(C)CCN)cc1Br. The van der Waals surface area contributed by atoms with Crippen LogP contribution >= 0.6 is 15.9 Å². The Morgan fingerprint density at radius 3 is 2.61 bits per heavy atom. The molecule has 0 heterocycles. The molecular formula is C12H18BrNO3S. The van der Waals surface area contributed by atoms with Crippen LogP contribution in [-0.4, -0.2) is 27.3 Å². The monoisotopic (exact) mass is 335 g/mol. The summed E-state index contributed by atoms with van der Waals surface area (Å²) < 4.78 is 30.0. The maximum absolute atomic E-state index is 12.1. The first kappa shape index (κ1) is 15.5. The van der Waals surface area contributed by atoms with E-state index < -0.39 is 15.1 Å². The zero-order valence-corrected chi connectivity index (χ0v) is 12.9. The number of hydrogen-bond acceptors (Lipinski definition) is 4. The minimum Gasteiger partial charge on any atom is -0.496 e. The molecule has 0 radical (unpaired) electrons. The Labute approximate surface area is 117 Å². The van der Waals surface area contributed by atoms with E-state index in [1.807, 2.05) is 0 Å². The predicted octanol–water partition coefficient (Wildman–Crippen LogP) is 2.11. The van der Waals surface area contributed by atoms with E-state index in [1.165, 1.54) is 0 Å². The third-order valence-corrected chi connectivity index (χ3v) is 5.59. The lowest BCUT2D eigenvalue weighted by atomic mass is 10.2. The van der Waals surface area contributed by atoms with Gasteiger partial charge in [-0.3, -0.25) is 0 Å². The Hall–Kier alpha value is -0.590. The van der Waals surface area contributed by atoms with Gasteiger partial charge in [-0.1, -0.05) is 6.07 Å². The van der Waals surface area contributed by atoms with Crippen molar-refractivity contribution >= 4 is 25.8 Å². The van der Waals surface area contributed by atoms with Crippen LogP contribution in [0.25, 0.3) is 0 Å². The van der Waals surface area contributed by atoms with Crippen LogP contribution in [0.15, 0.2) is 22.7 Å². The summed E-state index contributed by atoms with van der Waals surface area (Å²) >= 11 is 3.34. The van der Waals surface area contributed by atoms with Crippen molar-refractivity contribution in [3.05, 3.63) is 28.2 Å². The van der Waals surface area contributed by atoms with Crippen molar-refractivity contribution in [3.63, 3.8) is 0 Å². The first-order valence-corrected chi connectivity index (χ1v) is 8.15. The fourth-order valence-corrected chi connectivity index (χ4v) is 3.60. The Kier molecular flexibility index (Phi) is 5.62. The van der Waals surface area contributed by atoms with Gasteiger partial charge in [0.05, 0.1) is 22.6 Å². The summed E-state index contributed by atoms with van der Waals surface area (Å²) in [4.78, 5) is 0. The lowest BCUT2D eigenvalue weighted by molar-refractivity contribution is 0.412. The molecule has 0 fully saturated rings. The summed E-state index contributed by atoms with van der Waals surface area (Å²) in [5.41, 5.74) is 6.14. The van der Waals surface area contributed by atoms with Crippen molar-refractivity contribution in [3.8, 4) is 5.75 Å². The van der Waals surface area contributed by atoms with E-state index in [0.717, 1.165) is 10.0 Å². The molecule has 18 heavy (non-hydrogen) atoms. The van der Waals surface area contributed by atoms with Crippen LogP contribution in [0.1, 0.15) is 18.9 Å². The average molecular weight is 336 g/mol. The minimum atomic E-state index is -3.15. The van der Waals surface area contributed by atoms with Gasteiger partial charge in [0.15, 0.2) is 9.84 Å². The first-order valence-electron chi connectivity index (χ1n) is 5.64. The number of nitrogens with two attached hydrogens (primary N) is 1. The molecule has 0 amide bonds. The second kappa shape index (κ2) is 6.54. The largest absolute Gasteiger partial charge is 0.496 e. The molecule has 0 spiro atoms. The van der Waals surface area contributed by atoms with Crippen molar-refractivity contribution in [2.24, 2.45) is 5.73 Å². The zero-order valence-electron chi connectivity index (χ0n) is 10.5. The molecule has 102 valence electrons. The summed E-state index contributed by atoms with van der Waals surface area (Å²) in [6.45, 7) is 2.08. The Balaban J connectivity index is 2.88. The summed E-state index contributed by atoms with van der Waals surface area (Å²) in [7, 11) is -1.58. The quantitative estimate of drug-likeness (QED) is 0.864. The third kappa shape index (κ3) is 3.96. The molecule has 1 rings (SSSR count). The van der Waals surface area contributed by atoms with E-state index in [0.29, 0.717) is 18.7 Å². The molecule has 4 nitrogen and oxygen atoms in total. The van der Waals surface area contributed by atoms with Gasteiger partial charge in [0.2, 0.25) is 0 Å². The topological polar surface area (TPSA) is 69.4 Å². The van der Waals surface area contributed by atoms with Gasteiger partial charge in [-0.15, -0.1) is 0 Å². The fourth-order valence-electron chi connectivity index (χ4n) is 1.59. The molecular weight excluding hydrogens is 318 g/mol. The van der Waals surface area contributed by atoms with Crippen molar-refractivity contribution in [2.75, 3.05) is 13.7 Å². The third-order valence-electron chi connectivity index (χ3n) is 2.77. The van der Waals surface area contributed by atoms with Gasteiger partial charge in [-0.2, -0.15) is 0 Å². The molecule has 0 saturated heterocycles. The molecule has 1 atom stereocenters. The normalized spacial score (nSPS) is 13.3. The average Bonchev–Trinajstić information content (AvgIpc) is 2.29. The van der Waals surface area contributed by atoms with Crippen LogP contribution in [0.2, 0.25) is 0 Å². The van der Waals surface area contributed by atoms with Crippen LogP contribution in [0.3, 0.4) is 0 Å². The fraction of sp³-hybridized carbons (Fsp3) is 0.500. The van der Waals surface area contributed by atoms with Gasteiger partial charge in [0.25, 0.3) is 0 Å². The molecule has 2 N–H and O–H groups in total. The number of sulfone groups is 1. The van der Waals surface area contributed by atoms with E-state index in [9.17, 15) is 8.42 Å². The first-order chi connectivity index (χ1) is 8.40. The van der Waals surface area contributed by atoms with Crippen LogP contribution in [-0.2, 0) is 15.6 Å². The second-order valence-electron chi connectivity index (χ2n) is 4.16. The maximum atomic E-state index is 12.1. The molecule has 1 unspecified atom stereocenters. The second-order valence-corrected chi connectivity index (χ2v) is 7.44. The van der Waals surface area contributed by atoms with Gasteiger partial charge in [0.1, 0.15) is 5.75 Å². The lowest BCUT2D eigenvalue weighted by Gasteiger charge is -2.12. The van der Waals surface area contributed by atoms with E-state index >= 15 is 0 Å². The molecule has 0 aromatic heterocycles. The number of ether oxygens (including phenoxy) is 1. The van der Waals surface area contributed by atoms with Crippen molar-refractivity contribution in [1.82, 2.24) is 0 Å². The van der Waals surface area contributed by atoms with Crippen molar-refractivity contribution in [2.45, 2.75) is 24.3 Å². The van der Waals surface area contributed by atoms with Crippen LogP contribution in [0.5, 0.6) is 5.75 Å². The lowest BCUT2D eigenvalue weighted by Crippen LogP contribution is -2.22. The number of rotatable bonds is 6. The highest BCUT2D eigenvalue weighted by atomic mass is 79.9. The highest BCUT2D eigenvalue weighted by molar-refractivity contribution is 9.10. The Morgan fingerprint density at radius 2 is 2.11 bits per heavy atom. The van der Waals surface area contributed by atoms with Gasteiger partial charge >= 0.3 is 0 Å². The molecule has 0 aliphatic carbocycles. The van der Waals surface area contributed by atoms with E-state index in [-0.39, 0.29) is 5.75 Å². The molecule has 0 aliphatic rings. The summed E-state index contributed by atoms with van der Waals surface area (Å²) in [5, 5.41) is -0.414. The number of methoxy groups -OCH3 is 1. The Morgan fingerprint density at radius 1 is 1.44 bits per heavy atom. The molecule has 0 bridgehead atoms. The molecule has 0 saturated carbocycles.